The van der Waals surface area contributed by atoms with Crippen molar-refractivity contribution in [3.63, 3.8) is 0 Å². The molecule has 3 atom stereocenters. The van der Waals surface area contributed by atoms with E-state index in [1.54, 1.807) is 0 Å². The van der Waals surface area contributed by atoms with Gasteiger partial charge in [0.15, 0.2) is 0 Å². The van der Waals surface area contributed by atoms with Gasteiger partial charge in [-0.1, -0.05) is 66.7 Å². The van der Waals surface area contributed by atoms with E-state index in [9.17, 15) is 24.3 Å². The fourth-order valence-corrected chi connectivity index (χ4v) is 6.13. The molecule has 0 bridgehead atoms. The number of nitrogens with zero attached hydrogens (tertiary/aromatic N) is 1. The predicted octanol–water partition coefficient (Wildman–Crippen LogP) is 3.39. The molecule has 3 amide bonds. The van der Waals surface area contributed by atoms with Crippen LogP contribution in [0.25, 0.3) is 11.1 Å². The number of amides is 3. The molecule has 0 saturated carbocycles. The highest BCUT2D eigenvalue weighted by molar-refractivity contribution is 6.08. The van der Waals surface area contributed by atoms with Gasteiger partial charge < -0.3 is 20.5 Å². The van der Waals surface area contributed by atoms with Crippen LogP contribution in [-0.4, -0.2) is 53.7 Å². The molecule has 0 saturated heterocycles. The first-order valence-corrected chi connectivity index (χ1v) is 13.4. The highest BCUT2D eigenvalue weighted by atomic mass is 16.5. The molecule has 0 radical (unpaired) electrons. The number of aliphatic carboxylic acids is 1. The number of hydrogen-bond acceptors (Lipinski definition) is 5. The van der Waals surface area contributed by atoms with E-state index in [1.165, 1.54) is 11.8 Å². The van der Waals surface area contributed by atoms with Crippen LogP contribution in [-0.2, 0) is 32.0 Å². The molecule has 0 fully saturated rings. The van der Waals surface area contributed by atoms with E-state index < -0.39 is 42.0 Å². The fourth-order valence-electron chi connectivity index (χ4n) is 6.13. The number of carboxylic acids is 1. The van der Waals surface area contributed by atoms with Gasteiger partial charge >= 0.3 is 12.1 Å². The number of ether oxygens (including phenoxy) is 1. The standard InChI is InChI=1S/C31H29N3O6/c1-17(30(37)38)32-28(35)26-15-19-8-6-7-18-13-14-25(29(36)34(26)27(18)19)33-31(39)40-16-24-22-11-4-2-9-20(22)21-10-3-5-12-23(21)24/h2-12,17,24-26H,13-16H2,1H3,(H,32,35)(H,33,39)(H,37,38). The highest BCUT2D eigenvalue weighted by Gasteiger charge is 2.44. The minimum atomic E-state index is -1.17. The lowest BCUT2D eigenvalue weighted by Crippen LogP contribution is -2.56. The lowest BCUT2D eigenvalue weighted by Gasteiger charge is -2.28. The molecule has 0 spiro atoms. The monoisotopic (exact) mass is 539 g/mol. The van der Waals surface area contributed by atoms with Crippen molar-refractivity contribution in [2.75, 3.05) is 11.5 Å². The van der Waals surface area contributed by atoms with Crippen LogP contribution < -0.4 is 15.5 Å². The molecule has 9 heteroatoms. The first kappa shape index (κ1) is 25.6. The number of carboxylic acid groups (broad SMARTS) is 1. The maximum Gasteiger partial charge on any atom is 0.407 e. The molecule has 2 aliphatic heterocycles. The third-order valence-corrected chi connectivity index (χ3v) is 8.07. The summed E-state index contributed by atoms with van der Waals surface area (Å²) in [6, 6.07) is 18.8. The number of alkyl carbamates (subject to hydrolysis) is 1. The fraction of sp³-hybridized carbons (Fsp3) is 0.290. The summed E-state index contributed by atoms with van der Waals surface area (Å²) in [6.07, 6.45) is 0.436. The van der Waals surface area contributed by atoms with E-state index >= 15 is 0 Å². The van der Waals surface area contributed by atoms with Gasteiger partial charge in [-0.3, -0.25) is 19.3 Å². The lowest BCUT2D eigenvalue weighted by molar-refractivity contribution is -0.141. The quantitative estimate of drug-likeness (QED) is 0.441. The minimum absolute atomic E-state index is 0.113. The number of benzene rings is 3. The van der Waals surface area contributed by atoms with Gasteiger partial charge in [0.2, 0.25) is 11.8 Å². The van der Waals surface area contributed by atoms with Crippen LogP contribution in [0.2, 0.25) is 0 Å². The summed E-state index contributed by atoms with van der Waals surface area (Å²) in [4.78, 5) is 52.6. The second kappa shape index (κ2) is 10.1. The average Bonchev–Trinajstić information content (AvgIpc) is 3.46. The van der Waals surface area contributed by atoms with E-state index in [2.05, 4.69) is 22.8 Å². The van der Waals surface area contributed by atoms with Crippen LogP contribution in [0.5, 0.6) is 0 Å². The average molecular weight is 540 g/mol. The topological polar surface area (TPSA) is 125 Å². The van der Waals surface area contributed by atoms with E-state index in [0.717, 1.165) is 33.4 Å². The molecule has 2 heterocycles. The molecule has 9 nitrogen and oxygen atoms in total. The zero-order valence-corrected chi connectivity index (χ0v) is 21.9. The molecule has 3 aliphatic rings. The molecule has 3 N–H and O–H groups in total. The minimum Gasteiger partial charge on any atom is -0.480 e. The number of fused-ring (bicyclic) bond motifs is 3. The van der Waals surface area contributed by atoms with Gasteiger partial charge in [0, 0.05) is 12.3 Å². The summed E-state index contributed by atoms with van der Waals surface area (Å²) in [7, 11) is 0. The largest absolute Gasteiger partial charge is 0.480 e. The lowest BCUT2D eigenvalue weighted by atomic mass is 9.98. The molecule has 204 valence electrons. The zero-order chi connectivity index (χ0) is 28.0. The molecular weight excluding hydrogens is 510 g/mol. The maximum absolute atomic E-state index is 13.8. The summed E-state index contributed by atoms with van der Waals surface area (Å²) in [5.74, 6) is -2.24. The Hall–Kier alpha value is -4.66. The van der Waals surface area contributed by atoms with E-state index in [0.29, 0.717) is 18.5 Å². The number of anilines is 1. The highest BCUT2D eigenvalue weighted by Crippen LogP contribution is 2.44. The predicted molar refractivity (Wildman–Crippen MR) is 147 cm³/mol. The number of aryl methyl sites for hydroxylation is 1. The molecule has 0 aromatic heterocycles. The van der Waals surface area contributed by atoms with Crippen molar-refractivity contribution < 1.29 is 29.0 Å². The first-order chi connectivity index (χ1) is 19.3. The summed E-state index contributed by atoms with van der Waals surface area (Å²) in [5.41, 5.74) is 6.84. The molecule has 1 aliphatic carbocycles. The van der Waals surface area contributed by atoms with Gasteiger partial charge in [0.05, 0.1) is 5.69 Å². The van der Waals surface area contributed by atoms with Crippen LogP contribution in [0.1, 0.15) is 41.5 Å². The van der Waals surface area contributed by atoms with Crippen LogP contribution >= 0.6 is 0 Å². The Kier molecular flexibility index (Phi) is 6.50. The Morgan fingerprint density at radius 1 is 0.975 bits per heavy atom. The zero-order valence-electron chi connectivity index (χ0n) is 21.9. The third-order valence-electron chi connectivity index (χ3n) is 8.07. The second-order valence-electron chi connectivity index (χ2n) is 10.5. The number of para-hydroxylation sites is 1. The van der Waals surface area contributed by atoms with Gasteiger partial charge in [0.1, 0.15) is 24.7 Å². The van der Waals surface area contributed by atoms with Crippen molar-refractivity contribution in [3.05, 3.63) is 89.0 Å². The number of hydrogen-bond donors (Lipinski definition) is 3. The Morgan fingerprint density at radius 2 is 1.62 bits per heavy atom. The molecule has 40 heavy (non-hydrogen) atoms. The summed E-state index contributed by atoms with van der Waals surface area (Å²) < 4.78 is 5.68. The van der Waals surface area contributed by atoms with Crippen molar-refractivity contribution in [2.24, 2.45) is 0 Å². The maximum atomic E-state index is 13.8. The number of nitrogens with one attached hydrogen (secondary N) is 2. The molecular formula is C31H29N3O6. The van der Waals surface area contributed by atoms with Crippen LogP contribution in [0.4, 0.5) is 10.5 Å². The SMILES string of the molecule is CC(NC(=O)C1Cc2cccc3c2N1C(=O)C(NC(=O)OCC1c2ccccc2-c2ccccc21)CC3)C(=O)O. The summed E-state index contributed by atoms with van der Waals surface area (Å²) in [6.45, 7) is 1.49. The molecule has 3 unspecified atom stereocenters. The second-order valence-corrected chi connectivity index (χ2v) is 10.5. The van der Waals surface area contributed by atoms with Crippen molar-refractivity contribution in [1.29, 1.82) is 0 Å². The Labute approximate surface area is 231 Å². The third kappa shape index (κ3) is 4.37. The van der Waals surface area contributed by atoms with E-state index in [-0.39, 0.29) is 18.9 Å². The Balaban J connectivity index is 1.18. The Morgan fingerprint density at radius 3 is 2.30 bits per heavy atom. The summed E-state index contributed by atoms with van der Waals surface area (Å²) in [5, 5.41) is 14.5. The van der Waals surface area contributed by atoms with Gasteiger partial charge in [-0.05, 0) is 53.1 Å². The summed E-state index contributed by atoms with van der Waals surface area (Å²) >= 11 is 0. The van der Waals surface area contributed by atoms with Crippen LogP contribution in [0.3, 0.4) is 0 Å². The number of rotatable bonds is 6. The smallest absolute Gasteiger partial charge is 0.407 e. The molecule has 3 aromatic rings. The normalized spacial score (nSPS) is 19.6. The van der Waals surface area contributed by atoms with E-state index in [4.69, 9.17) is 4.74 Å². The van der Waals surface area contributed by atoms with Crippen LogP contribution in [0, 0.1) is 0 Å². The van der Waals surface area contributed by atoms with Crippen molar-refractivity contribution in [2.45, 2.75) is 50.2 Å². The van der Waals surface area contributed by atoms with Crippen molar-refractivity contribution in [3.8, 4) is 11.1 Å². The van der Waals surface area contributed by atoms with Crippen molar-refractivity contribution >= 4 is 29.6 Å². The van der Waals surface area contributed by atoms with Gasteiger partial charge in [-0.2, -0.15) is 0 Å². The van der Waals surface area contributed by atoms with Gasteiger partial charge in [-0.15, -0.1) is 0 Å². The van der Waals surface area contributed by atoms with E-state index in [1.807, 2.05) is 54.6 Å². The van der Waals surface area contributed by atoms with Crippen LogP contribution in [0.15, 0.2) is 66.7 Å². The van der Waals surface area contributed by atoms with Gasteiger partial charge in [-0.25, -0.2) is 4.79 Å². The van der Waals surface area contributed by atoms with Crippen molar-refractivity contribution in [1.82, 2.24) is 10.6 Å². The number of carbonyl (C=O) groups is 4. The first-order valence-electron chi connectivity index (χ1n) is 13.4. The Bertz CT molecular complexity index is 1490. The van der Waals surface area contributed by atoms with Gasteiger partial charge in [0.25, 0.3) is 0 Å². The molecule has 3 aromatic carbocycles. The molecule has 6 rings (SSSR count). The number of carbonyl (C=O) groups excluding carboxylic acids is 3.